The van der Waals surface area contributed by atoms with Crippen LogP contribution in [0.4, 0.5) is 11.4 Å². The van der Waals surface area contributed by atoms with E-state index >= 15 is 0 Å². The van der Waals surface area contributed by atoms with Gasteiger partial charge in [-0.1, -0.05) is 41.9 Å². The monoisotopic (exact) mass is 426 g/mol. The standard InChI is InChI=1S/C22H23BrN2O2/c1-22(2)11-17-20(18(26)12-22)21(14-10-13(23)8-9-19(14)27-3)25-16-7-5-4-6-15(16)24-17/h4-10,21,24-25H,11-12H2,1-3H3/t21-/m0/s1. The Morgan fingerprint density at radius 1 is 1.11 bits per heavy atom. The molecule has 27 heavy (non-hydrogen) atoms. The first-order valence-corrected chi connectivity index (χ1v) is 9.89. The zero-order valence-corrected chi connectivity index (χ0v) is 17.3. The Balaban J connectivity index is 1.93. The lowest BCUT2D eigenvalue weighted by Crippen LogP contribution is -2.31. The third-order valence-electron chi connectivity index (χ3n) is 5.22. The number of nitrogens with one attached hydrogen (secondary N) is 2. The van der Waals surface area contributed by atoms with Gasteiger partial charge in [0.25, 0.3) is 0 Å². The smallest absolute Gasteiger partial charge is 0.163 e. The van der Waals surface area contributed by atoms with Crippen molar-refractivity contribution in [2.45, 2.75) is 32.7 Å². The van der Waals surface area contributed by atoms with Crippen LogP contribution in [0.2, 0.25) is 0 Å². The van der Waals surface area contributed by atoms with Crippen LogP contribution < -0.4 is 15.4 Å². The van der Waals surface area contributed by atoms with Crippen molar-refractivity contribution in [3.63, 3.8) is 0 Å². The predicted octanol–water partition coefficient (Wildman–Crippen LogP) is 5.68. The Labute approximate surface area is 168 Å². The van der Waals surface area contributed by atoms with Crippen molar-refractivity contribution >= 4 is 33.1 Å². The molecule has 4 nitrogen and oxygen atoms in total. The van der Waals surface area contributed by atoms with Gasteiger partial charge in [0, 0.05) is 27.7 Å². The minimum atomic E-state index is -0.271. The third-order valence-corrected chi connectivity index (χ3v) is 5.72. The molecule has 0 spiro atoms. The van der Waals surface area contributed by atoms with Gasteiger partial charge >= 0.3 is 0 Å². The summed E-state index contributed by atoms with van der Waals surface area (Å²) in [5, 5.41) is 7.14. The average molecular weight is 427 g/mol. The first-order chi connectivity index (χ1) is 12.9. The van der Waals surface area contributed by atoms with Crippen molar-refractivity contribution in [1.82, 2.24) is 0 Å². The van der Waals surface area contributed by atoms with Crippen LogP contribution in [-0.4, -0.2) is 12.9 Å². The van der Waals surface area contributed by atoms with E-state index < -0.39 is 0 Å². The fourth-order valence-electron chi connectivity index (χ4n) is 4.05. The molecule has 1 heterocycles. The maximum Gasteiger partial charge on any atom is 0.163 e. The molecule has 140 valence electrons. The zero-order valence-electron chi connectivity index (χ0n) is 15.7. The van der Waals surface area contributed by atoms with E-state index in [9.17, 15) is 4.79 Å². The van der Waals surface area contributed by atoms with E-state index in [1.54, 1.807) is 7.11 Å². The van der Waals surface area contributed by atoms with Crippen molar-refractivity contribution in [3.8, 4) is 5.75 Å². The SMILES string of the molecule is COc1ccc(Br)cc1[C@@H]1Nc2ccccc2NC2=C1C(=O)CC(C)(C)C2. The number of methoxy groups -OCH3 is 1. The highest BCUT2D eigenvalue weighted by Crippen LogP contribution is 2.47. The highest BCUT2D eigenvalue weighted by Gasteiger charge is 2.39. The van der Waals surface area contributed by atoms with Gasteiger partial charge in [0.1, 0.15) is 5.75 Å². The van der Waals surface area contributed by atoms with Crippen LogP contribution in [0, 0.1) is 5.41 Å². The number of halogens is 1. The number of hydrogen-bond donors (Lipinski definition) is 2. The van der Waals surface area contributed by atoms with E-state index in [2.05, 4.69) is 40.4 Å². The zero-order chi connectivity index (χ0) is 19.2. The number of anilines is 2. The second-order valence-electron chi connectivity index (χ2n) is 7.97. The van der Waals surface area contributed by atoms with E-state index in [1.807, 2.05) is 42.5 Å². The normalized spacial score (nSPS) is 20.7. The summed E-state index contributed by atoms with van der Waals surface area (Å²) < 4.78 is 6.58. The van der Waals surface area contributed by atoms with E-state index in [1.165, 1.54) is 0 Å². The van der Waals surface area contributed by atoms with E-state index in [0.717, 1.165) is 44.9 Å². The Kier molecular flexibility index (Phi) is 4.50. The van der Waals surface area contributed by atoms with Gasteiger partial charge in [-0.25, -0.2) is 0 Å². The molecule has 0 saturated heterocycles. The Morgan fingerprint density at radius 3 is 2.59 bits per heavy atom. The number of ketones is 1. The molecule has 5 heteroatoms. The molecule has 0 amide bonds. The molecule has 2 N–H and O–H groups in total. The van der Waals surface area contributed by atoms with Gasteiger partial charge in [0.05, 0.1) is 24.5 Å². The van der Waals surface area contributed by atoms with Crippen molar-refractivity contribution in [2.75, 3.05) is 17.7 Å². The lowest BCUT2D eigenvalue weighted by molar-refractivity contribution is -0.118. The molecule has 0 bridgehead atoms. The summed E-state index contributed by atoms with van der Waals surface area (Å²) in [6.07, 6.45) is 1.37. The Morgan fingerprint density at radius 2 is 1.85 bits per heavy atom. The van der Waals surface area contributed by atoms with Crippen LogP contribution in [0.15, 0.2) is 58.2 Å². The van der Waals surface area contributed by atoms with Crippen molar-refractivity contribution in [3.05, 3.63) is 63.8 Å². The molecule has 2 aromatic carbocycles. The molecule has 0 unspecified atom stereocenters. The number of Topliss-reactive ketones (excluding diaryl/α,β-unsaturated/α-hetero) is 1. The van der Waals surface area contributed by atoms with Crippen LogP contribution in [-0.2, 0) is 4.79 Å². The molecule has 0 saturated carbocycles. The quantitative estimate of drug-likeness (QED) is 0.648. The molecule has 0 fully saturated rings. The van der Waals surface area contributed by atoms with E-state index in [4.69, 9.17) is 4.74 Å². The molecular formula is C22H23BrN2O2. The first kappa shape index (κ1) is 18.1. The Bertz CT molecular complexity index is 949. The number of fused-ring (bicyclic) bond motifs is 1. The van der Waals surface area contributed by atoms with Gasteiger partial charge < -0.3 is 15.4 Å². The second kappa shape index (κ2) is 6.71. The van der Waals surface area contributed by atoms with Crippen molar-refractivity contribution in [2.24, 2.45) is 5.41 Å². The largest absolute Gasteiger partial charge is 0.496 e. The molecule has 4 rings (SSSR count). The summed E-state index contributed by atoms with van der Waals surface area (Å²) in [6.45, 7) is 4.30. The van der Waals surface area contributed by atoms with Gasteiger partial charge in [-0.2, -0.15) is 0 Å². The topological polar surface area (TPSA) is 50.4 Å². The van der Waals surface area contributed by atoms with E-state index in [0.29, 0.717) is 6.42 Å². The summed E-state index contributed by atoms with van der Waals surface area (Å²) in [7, 11) is 1.66. The van der Waals surface area contributed by atoms with Crippen LogP contribution >= 0.6 is 15.9 Å². The van der Waals surface area contributed by atoms with Crippen LogP contribution in [0.25, 0.3) is 0 Å². The van der Waals surface area contributed by atoms with Gasteiger partial charge in [0.15, 0.2) is 5.78 Å². The van der Waals surface area contributed by atoms with Gasteiger partial charge in [0.2, 0.25) is 0 Å². The highest BCUT2D eigenvalue weighted by molar-refractivity contribution is 9.10. The second-order valence-corrected chi connectivity index (χ2v) is 8.88. The maximum atomic E-state index is 13.2. The summed E-state index contributed by atoms with van der Waals surface area (Å²) >= 11 is 3.56. The number of ether oxygens (including phenoxy) is 1. The fourth-order valence-corrected chi connectivity index (χ4v) is 4.43. The lowest BCUT2D eigenvalue weighted by Gasteiger charge is -2.34. The molecule has 0 radical (unpaired) electrons. The van der Waals surface area contributed by atoms with Gasteiger partial charge in [-0.15, -0.1) is 0 Å². The molecule has 1 atom stereocenters. The number of rotatable bonds is 2. The summed E-state index contributed by atoms with van der Waals surface area (Å²) in [4.78, 5) is 13.2. The van der Waals surface area contributed by atoms with Crippen molar-refractivity contribution in [1.29, 1.82) is 0 Å². The number of carbonyl (C=O) groups is 1. The number of allylic oxidation sites excluding steroid dienone is 1. The Hall–Kier alpha value is -2.27. The minimum Gasteiger partial charge on any atom is -0.496 e. The summed E-state index contributed by atoms with van der Waals surface area (Å²) in [6, 6.07) is 13.7. The van der Waals surface area contributed by atoms with Crippen molar-refractivity contribution < 1.29 is 9.53 Å². The van der Waals surface area contributed by atoms with E-state index in [-0.39, 0.29) is 17.2 Å². The fraction of sp³-hybridized carbons (Fsp3) is 0.318. The number of benzene rings is 2. The predicted molar refractivity (Wildman–Crippen MR) is 112 cm³/mol. The molecular weight excluding hydrogens is 404 g/mol. The van der Waals surface area contributed by atoms with Crippen LogP contribution in [0.3, 0.4) is 0 Å². The number of hydrogen-bond acceptors (Lipinski definition) is 4. The number of carbonyl (C=O) groups excluding carboxylic acids is 1. The number of para-hydroxylation sites is 2. The molecule has 2 aliphatic rings. The van der Waals surface area contributed by atoms with Gasteiger partial charge in [-0.3, -0.25) is 4.79 Å². The average Bonchev–Trinajstić information content (AvgIpc) is 2.76. The van der Waals surface area contributed by atoms with Crippen LogP contribution in [0.5, 0.6) is 5.75 Å². The molecule has 0 aromatic heterocycles. The van der Waals surface area contributed by atoms with Gasteiger partial charge in [-0.05, 0) is 42.2 Å². The third kappa shape index (κ3) is 3.36. The maximum absolute atomic E-state index is 13.2. The highest BCUT2D eigenvalue weighted by atomic mass is 79.9. The molecule has 2 aromatic rings. The molecule has 1 aliphatic carbocycles. The first-order valence-electron chi connectivity index (χ1n) is 9.10. The minimum absolute atomic E-state index is 0.0614. The summed E-state index contributed by atoms with van der Waals surface area (Å²) in [5.74, 6) is 0.945. The van der Waals surface area contributed by atoms with Crippen LogP contribution in [0.1, 0.15) is 38.3 Å². The summed E-state index contributed by atoms with van der Waals surface area (Å²) in [5.41, 5.74) is 4.67. The lowest BCUT2D eigenvalue weighted by atomic mass is 9.73. The molecule has 1 aliphatic heterocycles.